The average molecular weight is 264 g/mol. The predicted molar refractivity (Wildman–Crippen MR) is 76.3 cm³/mol. The second-order valence-electron chi connectivity index (χ2n) is 3.71. The first kappa shape index (κ1) is 16.2. The van der Waals surface area contributed by atoms with Crippen LogP contribution in [0.15, 0.2) is 0 Å². The minimum atomic E-state index is 0.568. The Labute approximate surface area is 109 Å². The predicted octanol–water partition coefficient (Wildman–Crippen LogP) is 4.03. The minimum absolute atomic E-state index is 0.568. The Bertz CT molecular complexity index is 163. The zero-order valence-corrected chi connectivity index (χ0v) is 12.1. The first-order valence-corrected chi connectivity index (χ1v) is 7.49. The molecule has 0 bridgehead atoms. The summed E-state index contributed by atoms with van der Waals surface area (Å²) < 4.78 is 10.8. The number of hydrogen-bond donors (Lipinski definition) is 0. The highest BCUT2D eigenvalue weighted by Gasteiger charge is 1.98. The second-order valence-corrected chi connectivity index (χ2v) is 5.40. The number of rotatable bonds is 10. The lowest BCUT2D eigenvalue weighted by atomic mass is 10.1. The van der Waals surface area contributed by atoms with Crippen molar-refractivity contribution >= 4 is 28.4 Å². The molecular formula is C12H24O2S2. The molecule has 2 nitrogen and oxygen atoms in total. The highest BCUT2D eigenvalue weighted by molar-refractivity contribution is 8.22. The van der Waals surface area contributed by atoms with Gasteiger partial charge in [-0.15, -0.1) is 0 Å². The van der Waals surface area contributed by atoms with Crippen LogP contribution in [0.3, 0.4) is 0 Å². The first-order chi connectivity index (χ1) is 7.81. The van der Waals surface area contributed by atoms with Crippen molar-refractivity contribution < 1.29 is 9.47 Å². The number of hydrogen-bond acceptors (Lipinski definition) is 4. The molecule has 0 fully saturated rings. The molecule has 16 heavy (non-hydrogen) atoms. The molecule has 0 saturated heterocycles. The van der Waals surface area contributed by atoms with E-state index in [9.17, 15) is 0 Å². The molecule has 0 aliphatic heterocycles. The molecule has 0 rings (SSSR count). The lowest BCUT2D eigenvalue weighted by Crippen LogP contribution is -2.05. The Morgan fingerprint density at radius 1 is 1.06 bits per heavy atom. The van der Waals surface area contributed by atoms with E-state index in [2.05, 4.69) is 6.92 Å². The number of unbranched alkanes of at least 4 members (excludes halogenated alkanes) is 5. The fourth-order valence-corrected chi connectivity index (χ4v) is 2.30. The molecule has 0 aromatic rings. The molecule has 0 aromatic heterocycles. The second kappa shape index (κ2) is 13.3. The van der Waals surface area contributed by atoms with E-state index in [0.717, 1.165) is 5.75 Å². The summed E-state index contributed by atoms with van der Waals surface area (Å²) in [7, 11) is 1.66. The molecule has 0 aliphatic carbocycles. The van der Waals surface area contributed by atoms with E-state index in [1.807, 2.05) is 0 Å². The molecule has 0 aliphatic rings. The van der Waals surface area contributed by atoms with E-state index >= 15 is 0 Å². The quantitative estimate of drug-likeness (QED) is 0.438. The summed E-state index contributed by atoms with van der Waals surface area (Å²) >= 11 is 6.72. The van der Waals surface area contributed by atoms with Crippen molar-refractivity contribution in [2.24, 2.45) is 0 Å². The van der Waals surface area contributed by atoms with Crippen LogP contribution in [-0.2, 0) is 9.47 Å². The van der Waals surface area contributed by atoms with Gasteiger partial charge in [0.25, 0.3) is 0 Å². The topological polar surface area (TPSA) is 18.5 Å². The van der Waals surface area contributed by atoms with Crippen LogP contribution < -0.4 is 0 Å². The van der Waals surface area contributed by atoms with Gasteiger partial charge in [0, 0.05) is 12.9 Å². The standard InChI is InChI=1S/C12H24O2S2/c1-3-4-5-6-7-8-11-16-12(15)14-10-9-13-2/h3-11H2,1-2H3. The number of ether oxygens (including phenoxy) is 2. The van der Waals surface area contributed by atoms with E-state index in [1.54, 1.807) is 18.9 Å². The van der Waals surface area contributed by atoms with Crippen LogP contribution in [0.4, 0.5) is 0 Å². The summed E-state index contributed by atoms with van der Waals surface area (Å²) in [6, 6.07) is 0. The van der Waals surface area contributed by atoms with Gasteiger partial charge >= 0.3 is 0 Å². The monoisotopic (exact) mass is 264 g/mol. The van der Waals surface area contributed by atoms with Crippen molar-refractivity contribution in [3.63, 3.8) is 0 Å². The van der Waals surface area contributed by atoms with Crippen molar-refractivity contribution in [2.75, 3.05) is 26.1 Å². The van der Waals surface area contributed by atoms with Crippen LogP contribution in [0.25, 0.3) is 0 Å². The summed E-state index contributed by atoms with van der Waals surface area (Å²) in [5, 5.41) is 0. The van der Waals surface area contributed by atoms with Crippen molar-refractivity contribution in [3.05, 3.63) is 0 Å². The Morgan fingerprint density at radius 3 is 2.44 bits per heavy atom. The van der Waals surface area contributed by atoms with Gasteiger partial charge in [-0.25, -0.2) is 0 Å². The van der Waals surface area contributed by atoms with Gasteiger partial charge < -0.3 is 9.47 Å². The van der Waals surface area contributed by atoms with Gasteiger partial charge in [0.1, 0.15) is 6.61 Å². The smallest absolute Gasteiger partial charge is 0.220 e. The van der Waals surface area contributed by atoms with Gasteiger partial charge in [0.15, 0.2) is 0 Å². The fraction of sp³-hybridized carbons (Fsp3) is 0.917. The van der Waals surface area contributed by atoms with Gasteiger partial charge in [-0.05, 0) is 18.6 Å². The van der Waals surface area contributed by atoms with Gasteiger partial charge in [-0.2, -0.15) is 0 Å². The Hall–Kier alpha value is 0.200. The lowest BCUT2D eigenvalue weighted by molar-refractivity contribution is 0.145. The maximum atomic E-state index is 5.30. The summed E-state index contributed by atoms with van der Waals surface area (Å²) in [5.74, 6) is 1.08. The van der Waals surface area contributed by atoms with Crippen LogP contribution in [0.5, 0.6) is 0 Å². The Kier molecular flexibility index (Phi) is 13.4. The van der Waals surface area contributed by atoms with Crippen molar-refractivity contribution in [3.8, 4) is 0 Å². The lowest BCUT2D eigenvalue weighted by Gasteiger charge is -2.06. The summed E-state index contributed by atoms with van der Waals surface area (Å²) in [6.45, 7) is 3.42. The highest BCUT2D eigenvalue weighted by atomic mass is 32.2. The maximum absolute atomic E-state index is 5.30. The first-order valence-electron chi connectivity index (χ1n) is 6.09. The van der Waals surface area contributed by atoms with Gasteiger partial charge in [-0.3, -0.25) is 0 Å². The van der Waals surface area contributed by atoms with Crippen LogP contribution in [-0.4, -0.2) is 30.5 Å². The molecule has 0 N–H and O–H groups in total. The minimum Gasteiger partial charge on any atom is -0.476 e. The molecule has 0 saturated carbocycles. The van der Waals surface area contributed by atoms with Crippen molar-refractivity contribution in [1.82, 2.24) is 0 Å². The summed E-state index contributed by atoms with van der Waals surface area (Å²) in [5.41, 5.74) is 0. The molecule has 0 radical (unpaired) electrons. The maximum Gasteiger partial charge on any atom is 0.220 e. The number of thiocarbonyl (C=S) groups is 1. The molecule has 4 heteroatoms. The summed E-state index contributed by atoms with van der Waals surface area (Å²) in [6.07, 6.45) is 7.95. The molecule has 96 valence electrons. The molecular weight excluding hydrogens is 240 g/mol. The van der Waals surface area contributed by atoms with Gasteiger partial charge in [-0.1, -0.05) is 50.8 Å². The van der Waals surface area contributed by atoms with Crippen molar-refractivity contribution in [2.45, 2.75) is 45.4 Å². The molecule has 0 amide bonds. The third-order valence-electron chi connectivity index (χ3n) is 2.23. The number of methoxy groups -OCH3 is 1. The summed E-state index contributed by atoms with van der Waals surface area (Å²) in [4.78, 5) is 0. The molecule has 0 aromatic carbocycles. The van der Waals surface area contributed by atoms with Crippen LogP contribution in [0.1, 0.15) is 45.4 Å². The molecule has 0 spiro atoms. The van der Waals surface area contributed by atoms with E-state index in [-0.39, 0.29) is 0 Å². The number of thioether (sulfide) groups is 1. The van der Waals surface area contributed by atoms with Crippen LogP contribution >= 0.6 is 24.0 Å². The fourth-order valence-electron chi connectivity index (χ4n) is 1.29. The molecule has 0 atom stereocenters. The van der Waals surface area contributed by atoms with Crippen LogP contribution in [0, 0.1) is 0 Å². The van der Waals surface area contributed by atoms with Gasteiger partial charge in [0.05, 0.1) is 6.61 Å². The van der Waals surface area contributed by atoms with Crippen molar-refractivity contribution in [1.29, 1.82) is 0 Å². The zero-order chi connectivity index (χ0) is 12.1. The molecule has 0 heterocycles. The Morgan fingerprint density at radius 2 is 1.75 bits per heavy atom. The van der Waals surface area contributed by atoms with Crippen LogP contribution in [0.2, 0.25) is 0 Å². The zero-order valence-electron chi connectivity index (χ0n) is 10.5. The van der Waals surface area contributed by atoms with E-state index in [4.69, 9.17) is 21.7 Å². The highest BCUT2D eigenvalue weighted by Crippen LogP contribution is 2.11. The van der Waals surface area contributed by atoms with E-state index in [1.165, 1.54) is 38.5 Å². The Balaban J connectivity index is 3.09. The third-order valence-corrected chi connectivity index (χ3v) is 3.54. The SMILES string of the molecule is CCCCCCCCSC(=S)OCCOC. The van der Waals surface area contributed by atoms with E-state index in [0.29, 0.717) is 17.6 Å². The third kappa shape index (κ3) is 12.3. The molecule has 0 unspecified atom stereocenters. The normalized spacial score (nSPS) is 10.4. The largest absolute Gasteiger partial charge is 0.476 e. The van der Waals surface area contributed by atoms with E-state index < -0.39 is 0 Å². The average Bonchev–Trinajstić information content (AvgIpc) is 2.28. The van der Waals surface area contributed by atoms with Gasteiger partial charge in [0.2, 0.25) is 4.38 Å².